The van der Waals surface area contributed by atoms with Gasteiger partial charge in [-0.25, -0.2) is 4.79 Å². The molecule has 0 aliphatic heterocycles. The number of hydrogen-bond acceptors (Lipinski definition) is 5. The number of tetrazole rings is 1. The monoisotopic (exact) mass is 330 g/mol. The molecular formula is C15H11ClN4O3. The van der Waals surface area contributed by atoms with E-state index in [0.717, 1.165) is 5.69 Å². The number of carboxylic acid groups (broad SMARTS) is 1. The molecule has 1 heterocycles. The van der Waals surface area contributed by atoms with Gasteiger partial charge in [-0.05, 0) is 52.9 Å². The lowest BCUT2D eigenvalue weighted by Gasteiger charge is -2.07. The number of carboxylic acids is 1. The molecule has 1 N–H and O–H groups in total. The third-order valence-corrected chi connectivity index (χ3v) is 3.31. The maximum absolute atomic E-state index is 10.9. The molecule has 3 aromatic rings. The number of aromatic nitrogens is 4. The molecule has 0 unspecified atom stereocenters. The van der Waals surface area contributed by atoms with Crippen LogP contribution >= 0.6 is 11.6 Å². The van der Waals surface area contributed by atoms with Gasteiger partial charge in [-0.15, -0.1) is 5.10 Å². The van der Waals surface area contributed by atoms with Gasteiger partial charge < -0.3 is 9.84 Å². The first-order valence-corrected chi connectivity index (χ1v) is 7.00. The average Bonchev–Trinajstić information content (AvgIpc) is 3.02. The molecule has 0 spiro atoms. The van der Waals surface area contributed by atoms with Gasteiger partial charge in [-0.2, -0.15) is 4.68 Å². The van der Waals surface area contributed by atoms with E-state index in [0.29, 0.717) is 16.6 Å². The number of rotatable bonds is 5. The van der Waals surface area contributed by atoms with Crippen molar-refractivity contribution in [2.24, 2.45) is 0 Å². The zero-order chi connectivity index (χ0) is 16.2. The van der Waals surface area contributed by atoms with E-state index in [-0.39, 0.29) is 12.2 Å². The minimum absolute atomic E-state index is 0.0959. The average molecular weight is 331 g/mol. The quantitative estimate of drug-likeness (QED) is 0.773. The Balaban J connectivity index is 1.77. The third kappa shape index (κ3) is 3.46. The van der Waals surface area contributed by atoms with E-state index in [1.165, 1.54) is 16.8 Å². The van der Waals surface area contributed by atoms with Crippen LogP contribution in [0.2, 0.25) is 5.02 Å². The normalized spacial score (nSPS) is 10.5. The van der Waals surface area contributed by atoms with Gasteiger partial charge in [0.25, 0.3) is 0 Å². The molecule has 0 bridgehead atoms. The number of halogens is 1. The number of ether oxygens (including phenoxy) is 1. The summed E-state index contributed by atoms with van der Waals surface area (Å²) < 4.78 is 7.10. The minimum Gasteiger partial charge on any atom is -0.486 e. The van der Waals surface area contributed by atoms with E-state index >= 15 is 0 Å². The minimum atomic E-state index is -1.01. The molecule has 8 heteroatoms. The van der Waals surface area contributed by atoms with Gasteiger partial charge in [0.2, 0.25) is 0 Å². The zero-order valence-electron chi connectivity index (χ0n) is 11.8. The van der Waals surface area contributed by atoms with Crippen LogP contribution in [0.25, 0.3) is 5.69 Å². The Bertz CT molecular complexity index is 833. The van der Waals surface area contributed by atoms with Crippen LogP contribution in [0.15, 0.2) is 48.5 Å². The highest BCUT2D eigenvalue weighted by molar-refractivity contribution is 6.30. The highest BCUT2D eigenvalue weighted by Crippen LogP contribution is 2.17. The molecule has 23 heavy (non-hydrogen) atoms. The molecule has 0 saturated carbocycles. The van der Waals surface area contributed by atoms with Crippen LogP contribution in [-0.4, -0.2) is 31.3 Å². The predicted molar refractivity (Wildman–Crippen MR) is 81.9 cm³/mol. The van der Waals surface area contributed by atoms with Crippen molar-refractivity contribution < 1.29 is 14.6 Å². The van der Waals surface area contributed by atoms with Crippen molar-refractivity contribution in [2.45, 2.75) is 6.61 Å². The van der Waals surface area contributed by atoms with E-state index in [1.807, 2.05) is 0 Å². The first-order chi connectivity index (χ1) is 11.1. The Labute approximate surface area is 136 Å². The SMILES string of the molecule is O=C(O)c1cccc(OCc2nnnn2-c2ccc(Cl)cc2)c1. The molecule has 1 aromatic heterocycles. The maximum Gasteiger partial charge on any atom is 0.335 e. The lowest BCUT2D eigenvalue weighted by Crippen LogP contribution is -2.07. The highest BCUT2D eigenvalue weighted by atomic mass is 35.5. The zero-order valence-corrected chi connectivity index (χ0v) is 12.5. The molecule has 0 aliphatic carbocycles. The van der Waals surface area contributed by atoms with Gasteiger partial charge >= 0.3 is 5.97 Å². The fraction of sp³-hybridized carbons (Fsp3) is 0.0667. The Morgan fingerprint density at radius 3 is 2.74 bits per heavy atom. The van der Waals surface area contributed by atoms with Gasteiger partial charge in [-0.1, -0.05) is 17.7 Å². The van der Waals surface area contributed by atoms with Crippen LogP contribution in [0.3, 0.4) is 0 Å². The summed E-state index contributed by atoms with van der Waals surface area (Å²) in [4.78, 5) is 10.9. The van der Waals surface area contributed by atoms with Crippen LogP contribution in [0, 0.1) is 0 Å². The smallest absolute Gasteiger partial charge is 0.335 e. The number of hydrogen-bond donors (Lipinski definition) is 1. The second-order valence-electron chi connectivity index (χ2n) is 4.60. The van der Waals surface area contributed by atoms with Crippen molar-refractivity contribution in [1.29, 1.82) is 0 Å². The maximum atomic E-state index is 10.9. The largest absolute Gasteiger partial charge is 0.486 e. The van der Waals surface area contributed by atoms with Crippen LogP contribution in [0.4, 0.5) is 0 Å². The van der Waals surface area contributed by atoms with Crippen LogP contribution in [0.1, 0.15) is 16.2 Å². The highest BCUT2D eigenvalue weighted by Gasteiger charge is 2.10. The molecule has 7 nitrogen and oxygen atoms in total. The fourth-order valence-corrected chi connectivity index (χ4v) is 2.07. The van der Waals surface area contributed by atoms with E-state index in [9.17, 15) is 4.79 Å². The van der Waals surface area contributed by atoms with Gasteiger partial charge in [-0.3, -0.25) is 0 Å². The summed E-state index contributed by atoms with van der Waals surface area (Å²) >= 11 is 5.86. The van der Waals surface area contributed by atoms with E-state index in [4.69, 9.17) is 21.4 Å². The molecular weight excluding hydrogens is 320 g/mol. The summed E-state index contributed by atoms with van der Waals surface area (Å²) in [6.45, 7) is 0.0959. The number of carbonyl (C=O) groups is 1. The summed E-state index contributed by atoms with van der Waals surface area (Å²) in [6, 6.07) is 13.3. The number of nitrogens with zero attached hydrogens (tertiary/aromatic N) is 4. The molecule has 3 rings (SSSR count). The Morgan fingerprint density at radius 1 is 1.22 bits per heavy atom. The molecule has 0 amide bonds. The molecule has 0 aliphatic rings. The third-order valence-electron chi connectivity index (χ3n) is 3.05. The topological polar surface area (TPSA) is 90.1 Å². The van der Waals surface area contributed by atoms with Crippen molar-refractivity contribution in [1.82, 2.24) is 20.2 Å². The van der Waals surface area contributed by atoms with Gasteiger partial charge in [0.05, 0.1) is 11.3 Å². The van der Waals surface area contributed by atoms with Gasteiger partial charge in [0.15, 0.2) is 5.82 Å². The molecule has 0 fully saturated rings. The Kier molecular flexibility index (Phi) is 4.20. The molecule has 0 saturated heterocycles. The standard InChI is InChI=1S/C15H11ClN4O3/c16-11-4-6-12(7-5-11)20-14(17-18-19-20)9-23-13-3-1-2-10(8-13)15(21)22/h1-8H,9H2,(H,21,22). The summed E-state index contributed by atoms with van der Waals surface area (Å²) in [6.07, 6.45) is 0. The first kappa shape index (κ1) is 15.0. The van der Waals surface area contributed by atoms with Crippen molar-refractivity contribution in [3.63, 3.8) is 0 Å². The summed E-state index contributed by atoms with van der Waals surface area (Å²) in [5, 5.41) is 21.1. The van der Waals surface area contributed by atoms with E-state index in [2.05, 4.69) is 15.5 Å². The van der Waals surface area contributed by atoms with Crippen LogP contribution in [0.5, 0.6) is 5.75 Å². The van der Waals surface area contributed by atoms with Crippen molar-refractivity contribution in [3.8, 4) is 11.4 Å². The predicted octanol–water partition coefficient (Wildman–Crippen LogP) is 2.59. The summed E-state index contributed by atoms with van der Waals surface area (Å²) in [5.41, 5.74) is 0.900. The van der Waals surface area contributed by atoms with Crippen molar-refractivity contribution >= 4 is 17.6 Å². The number of benzene rings is 2. The molecule has 2 aromatic carbocycles. The Morgan fingerprint density at radius 2 is 2.00 bits per heavy atom. The lowest BCUT2D eigenvalue weighted by molar-refractivity contribution is 0.0696. The Hall–Kier alpha value is -2.93. The van der Waals surface area contributed by atoms with Crippen molar-refractivity contribution in [3.05, 3.63) is 64.9 Å². The lowest BCUT2D eigenvalue weighted by atomic mass is 10.2. The van der Waals surface area contributed by atoms with Crippen LogP contribution < -0.4 is 4.74 Å². The molecule has 116 valence electrons. The molecule has 0 radical (unpaired) electrons. The van der Waals surface area contributed by atoms with E-state index < -0.39 is 5.97 Å². The summed E-state index contributed by atoms with van der Waals surface area (Å²) in [5.74, 6) is -0.106. The van der Waals surface area contributed by atoms with Gasteiger partial charge in [0.1, 0.15) is 12.4 Å². The van der Waals surface area contributed by atoms with Crippen LogP contribution in [-0.2, 0) is 6.61 Å². The fourth-order valence-electron chi connectivity index (χ4n) is 1.95. The second kappa shape index (κ2) is 6.45. The first-order valence-electron chi connectivity index (χ1n) is 6.63. The van der Waals surface area contributed by atoms with Crippen molar-refractivity contribution in [2.75, 3.05) is 0 Å². The van der Waals surface area contributed by atoms with E-state index in [1.54, 1.807) is 36.4 Å². The van der Waals surface area contributed by atoms with Gasteiger partial charge in [0, 0.05) is 5.02 Å². The number of aromatic carboxylic acids is 1. The second-order valence-corrected chi connectivity index (χ2v) is 5.04. The molecule has 0 atom stereocenters. The summed E-state index contributed by atoms with van der Waals surface area (Å²) in [7, 11) is 0.